The van der Waals surface area contributed by atoms with Gasteiger partial charge in [-0.25, -0.2) is 0 Å². The van der Waals surface area contributed by atoms with E-state index in [1.54, 1.807) is 7.11 Å². The van der Waals surface area contributed by atoms with Crippen molar-refractivity contribution < 1.29 is 4.74 Å². The maximum atomic E-state index is 5.22. The summed E-state index contributed by atoms with van der Waals surface area (Å²) < 4.78 is 5.22. The van der Waals surface area contributed by atoms with Gasteiger partial charge in [-0.15, -0.1) is 0 Å². The van der Waals surface area contributed by atoms with Gasteiger partial charge in [-0.2, -0.15) is 0 Å². The summed E-state index contributed by atoms with van der Waals surface area (Å²) in [5.74, 6) is 1.01. The molecule has 0 bridgehead atoms. The Labute approximate surface area is 88.1 Å². The Kier molecular flexibility index (Phi) is 6.91. The molecule has 1 heteroatoms. The summed E-state index contributed by atoms with van der Waals surface area (Å²) in [5.41, 5.74) is 2.53. The van der Waals surface area contributed by atoms with E-state index in [0.29, 0.717) is 0 Å². The minimum Gasteiger partial charge on any atom is -0.496 e. The number of methoxy groups -OCH3 is 1. The van der Waals surface area contributed by atoms with Gasteiger partial charge in [0.2, 0.25) is 0 Å². The second-order valence-corrected chi connectivity index (χ2v) is 3.38. The smallest absolute Gasteiger partial charge is 0.122 e. The van der Waals surface area contributed by atoms with Gasteiger partial charge >= 0.3 is 0 Å². The van der Waals surface area contributed by atoms with E-state index in [2.05, 4.69) is 45.9 Å². The molecule has 0 spiro atoms. The first kappa shape index (κ1) is 13.0. The fourth-order valence-corrected chi connectivity index (χ4v) is 1.14. The molecule has 1 rings (SSSR count). The van der Waals surface area contributed by atoms with Gasteiger partial charge in [0.25, 0.3) is 0 Å². The average Bonchev–Trinajstić information content (AvgIpc) is 2.19. The lowest BCUT2D eigenvalue weighted by atomic mass is 10.1. The van der Waals surface area contributed by atoms with Crippen molar-refractivity contribution in [1.82, 2.24) is 0 Å². The Balaban J connectivity index is 0.000000500. The molecule has 0 saturated carbocycles. The van der Waals surface area contributed by atoms with Crippen molar-refractivity contribution >= 4 is 0 Å². The number of benzene rings is 1. The lowest BCUT2D eigenvalue weighted by Gasteiger charge is -2.06. The van der Waals surface area contributed by atoms with E-state index >= 15 is 0 Å². The van der Waals surface area contributed by atoms with Crippen LogP contribution in [0.3, 0.4) is 0 Å². The lowest BCUT2D eigenvalue weighted by molar-refractivity contribution is 0.410. The van der Waals surface area contributed by atoms with Gasteiger partial charge in [-0.05, 0) is 30.5 Å². The van der Waals surface area contributed by atoms with Gasteiger partial charge in [0.15, 0.2) is 0 Å². The first-order valence-corrected chi connectivity index (χ1v) is 5.33. The van der Waals surface area contributed by atoms with Crippen molar-refractivity contribution in [2.24, 2.45) is 0 Å². The van der Waals surface area contributed by atoms with Crippen LogP contribution in [-0.4, -0.2) is 7.11 Å². The van der Waals surface area contributed by atoms with Crippen LogP contribution in [0.4, 0.5) is 0 Å². The van der Waals surface area contributed by atoms with Gasteiger partial charge in [-0.3, -0.25) is 0 Å². The molecule has 0 aliphatic carbocycles. The highest BCUT2D eigenvalue weighted by Gasteiger charge is 1.98. The molecule has 80 valence electrons. The number of hydrogen-bond donors (Lipinski definition) is 0. The summed E-state index contributed by atoms with van der Waals surface area (Å²) in [6.45, 7) is 8.45. The molecule has 0 heterocycles. The predicted octanol–water partition coefficient (Wildman–Crippen LogP) is 3.98. The van der Waals surface area contributed by atoms with Crippen LogP contribution in [0.1, 0.15) is 38.3 Å². The van der Waals surface area contributed by atoms with Crippen LogP contribution in [0, 0.1) is 6.92 Å². The van der Waals surface area contributed by atoms with Crippen LogP contribution < -0.4 is 4.74 Å². The molecule has 0 amide bonds. The molecular weight excluding hydrogens is 172 g/mol. The Morgan fingerprint density at radius 3 is 2.14 bits per heavy atom. The Bertz CT molecular complexity index is 253. The lowest BCUT2D eigenvalue weighted by Crippen LogP contribution is -1.90. The number of rotatable bonds is 2. The molecule has 1 nitrogen and oxygen atoms in total. The number of hydrogen-bond acceptors (Lipinski definition) is 1. The summed E-state index contributed by atoms with van der Waals surface area (Å²) >= 11 is 0. The maximum absolute atomic E-state index is 5.22. The van der Waals surface area contributed by atoms with Crippen LogP contribution in [0.25, 0.3) is 0 Å². The third-order valence-electron chi connectivity index (χ3n) is 1.82. The molecule has 1 aromatic rings. The second-order valence-electron chi connectivity index (χ2n) is 3.38. The fraction of sp³-hybridized carbons (Fsp3) is 0.538. The van der Waals surface area contributed by atoms with E-state index in [0.717, 1.165) is 12.2 Å². The van der Waals surface area contributed by atoms with E-state index in [4.69, 9.17) is 4.74 Å². The molecule has 14 heavy (non-hydrogen) atoms. The molecule has 0 saturated heterocycles. The van der Waals surface area contributed by atoms with Crippen molar-refractivity contribution in [3.8, 4) is 5.75 Å². The SMILES string of the molecule is CCC.CCc1ccc(C)cc1OC. The van der Waals surface area contributed by atoms with E-state index in [1.165, 1.54) is 17.5 Å². The van der Waals surface area contributed by atoms with Crippen LogP contribution in [-0.2, 0) is 6.42 Å². The molecule has 0 aliphatic rings. The van der Waals surface area contributed by atoms with Crippen molar-refractivity contribution in [3.05, 3.63) is 29.3 Å². The summed E-state index contributed by atoms with van der Waals surface area (Å²) in [6, 6.07) is 6.30. The van der Waals surface area contributed by atoms with Gasteiger partial charge in [0, 0.05) is 0 Å². The van der Waals surface area contributed by atoms with Gasteiger partial charge < -0.3 is 4.74 Å². The molecule has 0 atom stereocenters. The van der Waals surface area contributed by atoms with E-state index in [-0.39, 0.29) is 0 Å². The summed E-state index contributed by atoms with van der Waals surface area (Å²) in [4.78, 5) is 0. The van der Waals surface area contributed by atoms with E-state index < -0.39 is 0 Å². The standard InChI is InChI=1S/C10H14O.C3H8/c1-4-9-6-5-8(2)7-10(9)11-3;1-3-2/h5-7H,4H2,1-3H3;3H2,1-2H3. The largest absolute Gasteiger partial charge is 0.496 e. The Morgan fingerprint density at radius 1 is 1.14 bits per heavy atom. The summed E-state index contributed by atoms with van der Waals surface area (Å²) in [7, 11) is 1.72. The average molecular weight is 194 g/mol. The highest BCUT2D eigenvalue weighted by atomic mass is 16.5. The third-order valence-corrected chi connectivity index (χ3v) is 1.82. The van der Waals surface area contributed by atoms with Crippen molar-refractivity contribution in [2.75, 3.05) is 7.11 Å². The number of aryl methyl sites for hydroxylation is 2. The topological polar surface area (TPSA) is 9.23 Å². The molecule has 0 aromatic heterocycles. The van der Waals surface area contributed by atoms with Crippen molar-refractivity contribution in [3.63, 3.8) is 0 Å². The van der Waals surface area contributed by atoms with Gasteiger partial charge in [0.05, 0.1) is 7.11 Å². The maximum Gasteiger partial charge on any atom is 0.122 e. The molecular formula is C13H22O. The molecule has 0 radical (unpaired) electrons. The molecule has 0 N–H and O–H groups in total. The number of ether oxygens (including phenoxy) is 1. The minimum atomic E-state index is 1.01. The molecule has 1 aromatic carbocycles. The van der Waals surface area contributed by atoms with Crippen molar-refractivity contribution in [2.45, 2.75) is 40.5 Å². The Hall–Kier alpha value is -0.980. The highest BCUT2D eigenvalue weighted by Crippen LogP contribution is 2.19. The van der Waals surface area contributed by atoms with E-state index in [9.17, 15) is 0 Å². The zero-order chi connectivity index (χ0) is 11.0. The van der Waals surface area contributed by atoms with Gasteiger partial charge in [-0.1, -0.05) is 39.3 Å². The summed E-state index contributed by atoms with van der Waals surface area (Å²) in [6.07, 6.45) is 2.28. The predicted molar refractivity (Wildman–Crippen MR) is 63.1 cm³/mol. The van der Waals surface area contributed by atoms with Gasteiger partial charge in [0.1, 0.15) is 5.75 Å². The molecule has 0 fully saturated rings. The first-order chi connectivity index (χ1) is 6.69. The molecule has 0 unspecified atom stereocenters. The monoisotopic (exact) mass is 194 g/mol. The van der Waals surface area contributed by atoms with Crippen LogP contribution in [0.15, 0.2) is 18.2 Å². The van der Waals surface area contributed by atoms with E-state index in [1.807, 2.05) is 0 Å². The normalized spacial score (nSPS) is 8.93. The van der Waals surface area contributed by atoms with Crippen molar-refractivity contribution in [1.29, 1.82) is 0 Å². The Morgan fingerprint density at radius 2 is 1.71 bits per heavy atom. The molecule has 0 aliphatic heterocycles. The van der Waals surface area contributed by atoms with Crippen LogP contribution in [0.5, 0.6) is 5.75 Å². The van der Waals surface area contributed by atoms with Crippen LogP contribution in [0.2, 0.25) is 0 Å². The third kappa shape index (κ3) is 4.31. The summed E-state index contributed by atoms with van der Waals surface area (Å²) in [5, 5.41) is 0. The zero-order valence-corrected chi connectivity index (χ0v) is 10.1. The fourth-order valence-electron chi connectivity index (χ4n) is 1.14. The zero-order valence-electron chi connectivity index (χ0n) is 10.1. The minimum absolute atomic E-state index is 1.01. The first-order valence-electron chi connectivity index (χ1n) is 5.33. The quantitative estimate of drug-likeness (QED) is 0.692. The van der Waals surface area contributed by atoms with Crippen LogP contribution >= 0.6 is 0 Å². The second kappa shape index (κ2) is 7.43. The highest BCUT2D eigenvalue weighted by molar-refractivity contribution is 5.36.